The Morgan fingerprint density at radius 1 is 1.20 bits per heavy atom. The largest absolute Gasteiger partial charge is 0.480 e. The highest BCUT2D eigenvalue weighted by molar-refractivity contribution is 8.76. The number of carbonyl (C=O) groups excluding carboxylic acids is 3. The highest BCUT2D eigenvalue weighted by Gasteiger charge is 2.50. The van der Waals surface area contributed by atoms with Crippen LogP contribution in [0.4, 0.5) is 0 Å². The molecule has 0 aromatic rings. The van der Waals surface area contributed by atoms with Crippen LogP contribution in [-0.2, 0) is 28.7 Å². The van der Waals surface area contributed by atoms with Crippen molar-refractivity contribution in [2.45, 2.75) is 30.4 Å². The van der Waals surface area contributed by atoms with Crippen LogP contribution in [0, 0.1) is 0 Å². The molecule has 0 aliphatic carbocycles. The molecule has 1 aliphatic heterocycles. The molecule has 2 unspecified atom stereocenters. The summed E-state index contributed by atoms with van der Waals surface area (Å²) in [6, 6.07) is -2.23. The fourth-order valence-corrected chi connectivity index (χ4v) is 3.83. The third-order valence-electron chi connectivity index (χ3n) is 3.01. The summed E-state index contributed by atoms with van der Waals surface area (Å²) in [6.07, 6.45) is -4.78. The SMILES string of the molecule is NC(CSSC[C@H](N)C(=O)OC1C(=O)C(=O)O[C@@H]1[C@@H](O)CO)C(=O)O. The lowest BCUT2D eigenvalue weighted by Crippen LogP contribution is -2.45. The molecule has 142 valence electrons. The molecule has 0 amide bonds. The Hall–Kier alpha value is -1.38. The van der Waals surface area contributed by atoms with E-state index in [2.05, 4.69) is 4.74 Å². The maximum atomic E-state index is 11.9. The molecule has 5 atom stereocenters. The van der Waals surface area contributed by atoms with Gasteiger partial charge in [-0.25, -0.2) is 4.79 Å². The second-order valence-electron chi connectivity index (χ2n) is 4.96. The third-order valence-corrected chi connectivity index (χ3v) is 5.48. The van der Waals surface area contributed by atoms with E-state index in [1.54, 1.807) is 0 Å². The molecule has 0 aromatic heterocycles. The number of cyclic esters (lactones) is 1. The zero-order valence-corrected chi connectivity index (χ0v) is 14.4. The quantitative estimate of drug-likeness (QED) is 0.107. The normalized spacial score (nSPS) is 23.7. The van der Waals surface area contributed by atoms with E-state index in [4.69, 9.17) is 26.4 Å². The van der Waals surface area contributed by atoms with Crippen molar-refractivity contribution in [3.63, 3.8) is 0 Å². The fraction of sp³-hybridized carbons (Fsp3) is 0.667. The topological polar surface area (TPSA) is 199 Å². The Kier molecular flexibility index (Phi) is 8.61. The molecular weight excluding hydrogens is 380 g/mol. The molecule has 7 N–H and O–H groups in total. The molecule has 0 spiro atoms. The van der Waals surface area contributed by atoms with Crippen LogP contribution >= 0.6 is 21.6 Å². The van der Waals surface area contributed by atoms with Crippen molar-refractivity contribution in [2.24, 2.45) is 11.5 Å². The molecule has 1 aliphatic rings. The summed E-state index contributed by atoms with van der Waals surface area (Å²) in [5.41, 5.74) is 10.9. The number of ether oxygens (including phenoxy) is 2. The van der Waals surface area contributed by atoms with Gasteiger partial charge in [0.1, 0.15) is 18.2 Å². The summed E-state index contributed by atoms with van der Waals surface area (Å²) in [4.78, 5) is 45.3. The van der Waals surface area contributed by atoms with Crippen LogP contribution in [0.2, 0.25) is 0 Å². The number of aliphatic hydroxyl groups is 2. The number of ketones is 1. The Labute approximate surface area is 149 Å². The van der Waals surface area contributed by atoms with Gasteiger partial charge in [0.25, 0.3) is 5.78 Å². The van der Waals surface area contributed by atoms with E-state index in [0.717, 1.165) is 21.6 Å². The van der Waals surface area contributed by atoms with Gasteiger partial charge in [-0.3, -0.25) is 14.4 Å². The average molecular weight is 398 g/mol. The van der Waals surface area contributed by atoms with Crippen LogP contribution in [0.25, 0.3) is 0 Å². The van der Waals surface area contributed by atoms with Crippen molar-refractivity contribution in [3.8, 4) is 0 Å². The molecule has 1 fully saturated rings. The first-order chi connectivity index (χ1) is 11.7. The van der Waals surface area contributed by atoms with Gasteiger partial charge in [-0.05, 0) is 0 Å². The molecule has 1 saturated heterocycles. The lowest BCUT2D eigenvalue weighted by molar-refractivity contribution is -0.161. The predicted octanol–water partition coefficient (Wildman–Crippen LogP) is -3.13. The third kappa shape index (κ3) is 6.13. The first-order valence-electron chi connectivity index (χ1n) is 6.91. The molecule has 1 heterocycles. The number of aliphatic hydroxyl groups excluding tert-OH is 2. The highest BCUT2D eigenvalue weighted by atomic mass is 33.1. The zero-order chi connectivity index (χ0) is 19.1. The number of Topliss-reactive ketones (excluding diaryl/α,β-unsaturated/α-hetero) is 1. The van der Waals surface area contributed by atoms with E-state index in [9.17, 15) is 24.3 Å². The summed E-state index contributed by atoms with van der Waals surface area (Å²) < 4.78 is 9.41. The van der Waals surface area contributed by atoms with Gasteiger partial charge in [-0.15, -0.1) is 0 Å². The van der Waals surface area contributed by atoms with Crippen LogP contribution in [0.1, 0.15) is 0 Å². The molecule has 25 heavy (non-hydrogen) atoms. The molecule has 1 rings (SSSR count). The standard InChI is InChI=1S/C12H18N2O9S2/c13-4(10(18)19)2-24-25-3-5(14)11(20)23-9-7(17)12(21)22-8(9)6(16)1-15/h4-6,8-9,15-16H,1-3,13-14H2,(H,18,19)/t4?,5-,6-,8+,9?/m0/s1. The minimum absolute atomic E-state index is 0.0266. The number of aliphatic carboxylic acids is 1. The molecule has 11 nitrogen and oxygen atoms in total. The number of hydrogen-bond donors (Lipinski definition) is 5. The lowest BCUT2D eigenvalue weighted by atomic mass is 10.1. The van der Waals surface area contributed by atoms with Gasteiger partial charge in [-0.2, -0.15) is 0 Å². The molecule has 13 heteroatoms. The molecule has 0 bridgehead atoms. The van der Waals surface area contributed by atoms with Crippen LogP contribution in [0.15, 0.2) is 0 Å². The van der Waals surface area contributed by atoms with Gasteiger partial charge in [0, 0.05) is 11.5 Å². The second-order valence-corrected chi connectivity index (χ2v) is 7.51. The van der Waals surface area contributed by atoms with Gasteiger partial charge in [0.05, 0.1) is 6.61 Å². The van der Waals surface area contributed by atoms with Crippen molar-refractivity contribution in [1.29, 1.82) is 0 Å². The minimum atomic E-state index is -1.69. The van der Waals surface area contributed by atoms with E-state index in [-0.39, 0.29) is 11.5 Å². The number of rotatable bonds is 10. The summed E-state index contributed by atoms with van der Waals surface area (Å²) in [5.74, 6) is -4.49. The van der Waals surface area contributed by atoms with Crippen LogP contribution in [0.5, 0.6) is 0 Å². The van der Waals surface area contributed by atoms with Crippen LogP contribution in [-0.4, -0.2) is 87.5 Å². The number of carbonyl (C=O) groups is 4. The van der Waals surface area contributed by atoms with Gasteiger partial charge < -0.3 is 36.3 Å². The van der Waals surface area contributed by atoms with E-state index in [1.165, 1.54) is 0 Å². The summed E-state index contributed by atoms with van der Waals surface area (Å²) in [7, 11) is 2.17. The number of nitrogens with two attached hydrogens (primary N) is 2. The Morgan fingerprint density at radius 2 is 1.76 bits per heavy atom. The average Bonchev–Trinajstić information content (AvgIpc) is 2.85. The monoisotopic (exact) mass is 398 g/mol. The number of carboxylic acid groups (broad SMARTS) is 1. The van der Waals surface area contributed by atoms with Crippen LogP contribution in [0.3, 0.4) is 0 Å². The van der Waals surface area contributed by atoms with Crippen LogP contribution < -0.4 is 11.5 Å². The predicted molar refractivity (Wildman–Crippen MR) is 86.4 cm³/mol. The summed E-state index contributed by atoms with van der Waals surface area (Å²) in [5, 5.41) is 27.0. The molecule has 0 saturated carbocycles. The fourth-order valence-electron chi connectivity index (χ4n) is 1.61. The van der Waals surface area contributed by atoms with Crippen molar-refractivity contribution >= 4 is 45.3 Å². The first kappa shape index (κ1) is 21.7. The van der Waals surface area contributed by atoms with E-state index in [1.807, 2.05) is 0 Å². The molecular formula is C12H18N2O9S2. The Bertz CT molecular complexity index is 533. The van der Waals surface area contributed by atoms with Crippen molar-refractivity contribution < 1.29 is 44.0 Å². The smallest absolute Gasteiger partial charge is 0.379 e. The van der Waals surface area contributed by atoms with E-state index >= 15 is 0 Å². The van der Waals surface area contributed by atoms with Gasteiger partial charge >= 0.3 is 17.9 Å². The minimum Gasteiger partial charge on any atom is -0.480 e. The maximum absolute atomic E-state index is 11.9. The number of esters is 2. The Balaban J connectivity index is 2.49. The summed E-state index contributed by atoms with van der Waals surface area (Å²) in [6.45, 7) is -0.804. The maximum Gasteiger partial charge on any atom is 0.379 e. The van der Waals surface area contributed by atoms with Crippen molar-refractivity contribution in [2.75, 3.05) is 18.1 Å². The lowest BCUT2D eigenvalue weighted by Gasteiger charge is -2.21. The molecule has 0 radical (unpaired) electrons. The highest BCUT2D eigenvalue weighted by Crippen LogP contribution is 2.23. The number of carboxylic acids is 1. The first-order valence-corrected chi connectivity index (χ1v) is 9.40. The van der Waals surface area contributed by atoms with E-state index in [0.29, 0.717) is 0 Å². The van der Waals surface area contributed by atoms with E-state index < -0.39 is 60.7 Å². The van der Waals surface area contributed by atoms with Crippen molar-refractivity contribution in [1.82, 2.24) is 0 Å². The zero-order valence-electron chi connectivity index (χ0n) is 12.8. The van der Waals surface area contributed by atoms with Gasteiger partial charge in [0.15, 0.2) is 6.10 Å². The second kappa shape index (κ2) is 9.94. The van der Waals surface area contributed by atoms with Gasteiger partial charge in [-0.1, -0.05) is 21.6 Å². The number of hydrogen-bond acceptors (Lipinski definition) is 12. The van der Waals surface area contributed by atoms with Gasteiger partial charge in [0.2, 0.25) is 6.10 Å². The molecule has 0 aromatic carbocycles. The summed E-state index contributed by atoms with van der Waals surface area (Å²) >= 11 is 0. The van der Waals surface area contributed by atoms with Crippen molar-refractivity contribution in [3.05, 3.63) is 0 Å². The Morgan fingerprint density at radius 3 is 2.28 bits per heavy atom.